The van der Waals surface area contributed by atoms with Gasteiger partial charge in [0.05, 0.1) is 39.9 Å². The number of fused-ring (bicyclic) bond motifs is 4. The van der Waals surface area contributed by atoms with E-state index in [4.69, 9.17) is 27.9 Å². The molecule has 4 amide bonds. The van der Waals surface area contributed by atoms with Crippen molar-refractivity contribution in [2.24, 2.45) is 17.8 Å². The number of allylic oxidation sites excluding steroid dienone is 2. The summed E-state index contributed by atoms with van der Waals surface area (Å²) in [5.41, 5.74) is -1.47. The molecule has 15 nitrogen and oxygen atoms in total. The number of imide groups is 2. The van der Waals surface area contributed by atoms with Gasteiger partial charge in [0.25, 0.3) is 11.8 Å². The molecule has 2 heterocycles. The summed E-state index contributed by atoms with van der Waals surface area (Å²) in [6.45, 7) is 0. The first-order chi connectivity index (χ1) is 22.5. The Morgan fingerprint density at radius 2 is 1.65 bits per heavy atom. The maximum Gasteiger partial charge on any atom is 0.301 e. The largest absolute Gasteiger partial charge is 0.504 e. The quantitative estimate of drug-likeness (QED) is 0.106. The van der Waals surface area contributed by atoms with Crippen LogP contribution >= 0.6 is 39.1 Å². The fourth-order valence-electron chi connectivity index (χ4n) is 7.71. The third-order valence-corrected chi connectivity index (χ3v) is 11.6. The van der Waals surface area contributed by atoms with E-state index in [1.54, 1.807) is 6.08 Å². The van der Waals surface area contributed by atoms with Crippen molar-refractivity contribution >= 4 is 85.5 Å². The van der Waals surface area contributed by atoms with Crippen LogP contribution in [0.2, 0.25) is 0 Å². The molecular weight excluding hydrogens is 741 g/mol. The first-order valence-corrected chi connectivity index (χ1v) is 16.3. The number of amides is 4. The highest BCUT2D eigenvalue weighted by atomic mass is 79.9. The molecule has 252 valence electrons. The number of aromatic hydroxyl groups is 1. The predicted molar refractivity (Wildman–Crippen MR) is 175 cm³/mol. The number of methoxy groups -OCH3 is 1. The van der Waals surface area contributed by atoms with Gasteiger partial charge in [-0.25, -0.2) is 4.90 Å². The van der Waals surface area contributed by atoms with Gasteiger partial charge in [0, 0.05) is 32.1 Å². The van der Waals surface area contributed by atoms with Crippen molar-refractivity contribution < 1.29 is 38.9 Å². The second-order valence-corrected chi connectivity index (χ2v) is 13.9. The van der Waals surface area contributed by atoms with Crippen molar-refractivity contribution in [3.63, 3.8) is 0 Å². The van der Waals surface area contributed by atoms with Crippen molar-refractivity contribution in [1.82, 2.24) is 4.90 Å². The fourth-order valence-corrected chi connectivity index (χ4v) is 9.14. The van der Waals surface area contributed by atoms with Crippen molar-refractivity contribution in [1.29, 1.82) is 0 Å². The molecule has 2 saturated heterocycles. The molecule has 1 saturated carbocycles. The van der Waals surface area contributed by atoms with Crippen LogP contribution in [0.5, 0.6) is 11.5 Å². The van der Waals surface area contributed by atoms with Crippen LogP contribution in [0.1, 0.15) is 24.3 Å². The summed E-state index contributed by atoms with van der Waals surface area (Å²) in [4.78, 5) is 77.0. The first kappa shape index (κ1) is 33.6. The van der Waals surface area contributed by atoms with Gasteiger partial charge in [-0.05, 0) is 36.5 Å². The Kier molecular flexibility index (Phi) is 7.99. The Labute approximate surface area is 290 Å². The maximum absolute atomic E-state index is 14.3. The minimum absolute atomic E-state index is 0.0180. The third-order valence-electron chi connectivity index (χ3n) is 9.71. The Balaban J connectivity index is 1.52. The molecule has 2 aromatic carbocycles. The number of phenolic OH excluding ortho intramolecular Hbond substituents is 1. The number of nitro groups is 2. The van der Waals surface area contributed by atoms with Crippen LogP contribution in [-0.4, -0.2) is 79.9 Å². The van der Waals surface area contributed by atoms with Crippen LogP contribution in [-0.2, 0) is 19.2 Å². The molecule has 0 spiro atoms. The van der Waals surface area contributed by atoms with E-state index in [0.717, 1.165) is 17.0 Å². The lowest BCUT2D eigenvalue weighted by molar-refractivity contribution is -0.392. The van der Waals surface area contributed by atoms with E-state index in [2.05, 4.69) is 15.9 Å². The van der Waals surface area contributed by atoms with Gasteiger partial charge in [0.2, 0.25) is 11.8 Å². The number of hydrogen-bond donors (Lipinski definition) is 1. The number of nitrogens with zero attached hydrogens (tertiary/aromatic N) is 5. The zero-order valence-electron chi connectivity index (χ0n) is 25.4. The number of phenols is 1. The van der Waals surface area contributed by atoms with E-state index in [1.165, 1.54) is 44.3 Å². The zero-order valence-corrected chi connectivity index (χ0v) is 28.5. The number of carbonyl (C=O) groups is 4. The number of rotatable bonds is 7. The summed E-state index contributed by atoms with van der Waals surface area (Å²) in [6, 6.07) is 6.15. The summed E-state index contributed by atoms with van der Waals surface area (Å²) in [5.74, 6) is -7.56. The molecule has 3 fully saturated rings. The monoisotopic (exact) mass is 765 g/mol. The Hall–Kier alpha value is -4.28. The fraction of sp³-hybridized carbons (Fsp3) is 0.400. The van der Waals surface area contributed by atoms with Gasteiger partial charge in [0.15, 0.2) is 26.9 Å². The summed E-state index contributed by atoms with van der Waals surface area (Å²) in [6.07, 6.45) is 1.34. The number of alkyl halides is 3. The molecule has 2 aliphatic carbocycles. The predicted octanol–water partition coefficient (Wildman–Crippen LogP) is 4.20. The van der Waals surface area contributed by atoms with Gasteiger partial charge < -0.3 is 14.7 Å². The van der Waals surface area contributed by atoms with Gasteiger partial charge in [0.1, 0.15) is 0 Å². The summed E-state index contributed by atoms with van der Waals surface area (Å²) < 4.78 is 5.29. The van der Waals surface area contributed by atoms with Crippen LogP contribution in [0.3, 0.4) is 0 Å². The Morgan fingerprint density at radius 1 is 1.02 bits per heavy atom. The topological polar surface area (TPSA) is 194 Å². The smallest absolute Gasteiger partial charge is 0.301 e. The van der Waals surface area contributed by atoms with Crippen LogP contribution in [0.15, 0.2) is 42.0 Å². The molecule has 0 bridgehead atoms. The number of benzene rings is 2. The van der Waals surface area contributed by atoms with Crippen LogP contribution < -0.4 is 14.5 Å². The van der Waals surface area contributed by atoms with E-state index < -0.39 is 78.3 Å². The number of likely N-dealkylation sites (tertiary alicyclic amines) is 1. The van der Waals surface area contributed by atoms with Gasteiger partial charge in [-0.3, -0.25) is 44.3 Å². The lowest BCUT2D eigenvalue weighted by atomic mass is 9.56. The zero-order chi connectivity index (χ0) is 35.2. The van der Waals surface area contributed by atoms with Crippen molar-refractivity contribution in [3.05, 3.63) is 67.8 Å². The summed E-state index contributed by atoms with van der Waals surface area (Å²) >= 11 is 17.6. The molecule has 4 aliphatic rings. The van der Waals surface area contributed by atoms with E-state index in [0.29, 0.717) is 16.0 Å². The summed E-state index contributed by atoms with van der Waals surface area (Å²) in [5, 5.41) is 34.4. The Morgan fingerprint density at radius 3 is 2.19 bits per heavy atom. The van der Waals surface area contributed by atoms with Crippen molar-refractivity contribution in [2.45, 2.75) is 28.5 Å². The van der Waals surface area contributed by atoms with E-state index in [1.807, 2.05) is 0 Å². The van der Waals surface area contributed by atoms with Gasteiger partial charge >= 0.3 is 11.4 Å². The van der Waals surface area contributed by atoms with Crippen LogP contribution in [0.25, 0.3) is 0 Å². The molecule has 2 aliphatic heterocycles. The SMILES string of the molecule is COc1cc(C2C3=CCC4C(=O)N(c5cc([N+](=O)[O-])c(N(C)C)c([N+](=O)[O-])c5)C(=O)C4C3CC3(Cl)C(=O)N(CBr)C(=O)C23Cl)ccc1O. The van der Waals surface area contributed by atoms with Gasteiger partial charge in [-0.15, -0.1) is 23.2 Å². The van der Waals surface area contributed by atoms with Crippen molar-refractivity contribution in [2.75, 3.05) is 36.5 Å². The number of carbonyl (C=O) groups excluding carboxylic acids is 4. The van der Waals surface area contributed by atoms with Crippen molar-refractivity contribution in [3.8, 4) is 11.5 Å². The number of anilines is 2. The lowest BCUT2D eigenvalue weighted by Gasteiger charge is -2.50. The number of halogens is 3. The Bertz CT molecular complexity index is 1850. The standard InChI is InChI=1S/C30H26BrCl2N5O10/c1-34(2)24-18(37(44)45)9-14(10-19(24)38(46)47)36-25(40)16-6-5-15-17(22(16)26(36)41)11-29(32)27(42)35(12-31)28(43)30(29,33)23(15)13-4-7-20(39)21(8-13)48-3/h4-5,7-10,16-17,22-23,39H,6,11-12H2,1-3H3. The molecule has 6 unspecified atom stereocenters. The summed E-state index contributed by atoms with van der Waals surface area (Å²) in [7, 11) is 4.09. The maximum atomic E-state index is 14.3. The molecule has 18 heteroatoms. The van der Waals surface area contributed by atoms with E-state index in [-0.39, 0.29) is 41.2 Å². The van der Waals surface area contributed by atoms with Gasteiger partial charge in [-0.2, -0.15) is 0 Å². The molecule has 6 atom stereocenters. The highest BCUT2D eigenvalue weighted by Crippen LogP contribution is 2.66. The molecule has 0 aromatic heterocycles. The van der Waals surface area contributed by atoms with Crippen LogP contribution in [0, 0.1) is 38.0 Å². The van der Waals surface area contributed by atoms with E-state index in [9.17, 15) is 44.5 Å². The second kappa shape index (κ2) is 11.4. The number of hydrogen-bond acceptors (Lipinski definition) is 11. The molecule has 6 rings (SSSR count). The highest BCUT2D eigenvalue weighted by Gasteiger charge is 2.76. The number of nitro benzene ring substituents is 2. The second-order valence-electron chi connectivity index (χ2n) is 12.2. The minimum Gasteiger partial charge on any atom is -0.504 e. The molecule has 1 N–H and O–H groups in total. The average Bonchev–Trinajstić information content (AvgIpc) is 3.38. The molecule has 0 radical (unpaired) electrons. The van der Waals surface area contributed by atoms with E-state index >= 15 is 0 Å². The average molecular weight is 767 g/mol. The molecule has 48 heavy (non-hydrogen) atoms. The number of ether oxygens (including phenoxy) is 1. The third kappa shape index (κ3) is 4.38. The normalized spacial score (nSPS) is 29.3. The molecule has 2 aromatic rings. The lowest BCUT2D eigenvalue weighted by Crippen LogP contribution is -2.60. The minimum atomic E-state index is -2.10. The highest BCUT2D eigenvalue weighted by molar-refractivity contribution is 9.09. The van der Waals surface area contributed by atoms with Gasteiger partial charge in [-0.1, -0.05) is 33.6 Å². The first-order valence-electron chi connectivity index (χ1n) is 14.4. The van der Waals surface area contributed by atoms with Crippen LogP contribution in [0.4, 0.5) is 22.7 Å². The molecular formula is C30H26BrCl2N5O10.